The molecule has 0 unspecified atom stereocenters. The Morgan fingerprint density at radius 3 is 1.95 bits per heavy atom. The first-order valence-corrected chi connectivity index (χ1v) is 14.0. The largest absolute Gasteiger partial charge is 0.397 e. The Morgan fingerprint density at radius 1 is 0.850 bits per heavy atom. The van der Waals surface area contributed by atoms with Crippen molar-refractivity contribution < 1.29 is 4.79 Å². The molecule has 198 valence electrons. The Bertz CT molecular complexity index is 1670. The van der Waals surface area contributed by atoms with Crippen LogP contribution >= 0.6 is 11.3 Å². The summed E-state index contributed by atoms with van der Waals surface area (Å²) in [7, 11) is 0. The molecule has 2 aromatic heterocycles. The van der Waals surface area contributed by atoms with E-state index in [0.29, 0.717) is 39.4 Å². The number of benzene rings is 3. The van der Waals surface area contributed by atoms with Crippen molar-refractivity contribution in [1.82, 2.24) is 14.8 Å². The van der Waals surface area contributed by atoms with Gasteiger partial charge in [0.05, 0.1) is 11.7 Å². The number of nitrogens with two attached hydrogens (primary N) is 2. The molecular formula is C32H28N6OS. The molecule has 3 aromatic carbocycles. The first kappa shape index (κ1) is 25.6. The third kappa shape index (κ3) is 4.56. The number of carbonyl (C=O) groups is 1. The highest BCUT2D eigenvalue weighted by Gasteiger charge is 2.31. The molecule has 0 spiro atoms. The quantitative estimate of drug-likeness (QED) is 0.300. The molecule has 0 radical (unpaired) electrons. The predicted molar refractivity (Wildman–Crippen MR) is 161 cm³/mol. The second-order valence-electron chi connectivity index (χ2n) is 9.80. The number of fused-ring (bicyclic) bond motifs is 1. The zero-order valence-corrected chi connectivity index (χ0v) is 22.6. The standard InChI is InChI=1S/C32H28N6OS/c33-20-24-25(21-10-4-1-5-11-21)26-27(34)29(40-31(26)36-30(24)35)32(39)38-18-16-37(17-19-38)28(22-12-6-2-7-13-22)23-14-8-3-9-15-23/h1-15,28H,16-19,34H2,(H2,35,36). The minimum Gasteiger partial charge on any atom is -0.397 e. The molecule has 1 saturated heterocycles. The third-order valence-electron chi connectivity index (χ3n) is 7.47. The molecule has 1 fully saturated rings. The number of pyridine rings is 1. The number of nitrogen functional groups attached to an aromatic ring is 2. The predicted octanol–water partition coefficient (Wildman–Crippen LogP) is 5.55. The van der Waals surface area contributed by atoms with E-state index in [2.05, 4.69) is 64.5 Å². The van der Waals surface area contributed by atoms with Gasteiger partial charge in [-0.25, -0.2) is 4.98 Å². The fourth-order valence-electron chi connectivity index (χ4n) is 5.55. The van der Waals surface area contributed by atoms with Gasteiger partial charge in [-0.2, -0.15) is 5.26 Å². The zero-order chi connectivity index (χ0) is 27.6. The minimum absolute atomic E-state index is 0.110. The Kier molecular flexibility index (Phi) is 6.91. The van der Waals surface area contributed by atoms with Crippen LogP contribution in [0.25, 0.3) is 21.3 Å². The highest BCUT2D eigenvalue weighted by atomic mass is 32.1. The van der Waals surface area contributed by atoms with E-state index in [0.717, 1.165) is 18.7 Å². The van der Waals surface area contributed by atoms with E-state index in [-0.39, 0.29) is 23.3 Å². The maximum Gasteiger partial charge on any atom is 0.266 e. The SMILES string of the molecule is N#Cc1c(N)nc2sc(C(=O)N3CCN(C(c4ccccc4)c4ccccc4)CC3)c(N)c2c1-c1ccccc1. The van der Waals surface area contributed by atoms with Crippen molar-refractivity contribution in [2.45, 2.75) is 6.04 Å². The van der Waals surface area contributed by atoms with Crippen molar-refractivity contribution in [1.29, 1.82) is 5.26 Å². The highest BCUT2D eigenvalue weighted by Crippen LogP contribution is 2.43. The summed E-state index contributed by atoms with van der Waals surface area (Å²) in [6, 6.07) is 32.8. The summed E-state index contributed by atoms with van der Waals surface area (Å²) >= 11 is 1.24. The molecule has 5 aromatic rings. The lowest BCUT2D eigenvalue weighted by molar-refractivity contribution is 0.0603. The first-order chi connectivity index (χ1) is 19.6. The zero-order valence-electron chi connectivity index (χ0n) is 21.8. The number of carbonyl (C=O) groups excluding carboxylic acids is 1. The molecule has 40 heavy (non-hydrogen) atoms. The van der Waals surface area contributed by atoms with E-state index >= 15 is 0 Å². The smallest absolute Gasteiger partial charge is 0.266 e. The molecular weight excluding hydrogens is 516 g/mol. The Labute approximate surface area is 236 Å². The summed E-state index contributed by atoms with van der Waals surface area (Å²) in [5.74, 6) is 0.0165. The van der Waals surface area contributed by atoms with Gasteiger partial charge in [0.1, 0.15) is 27.2 Å². The lowest BCUT2D eigenvalue weighted by atomic mass is 9.96. The summed E-state index contributed by atoms with van der Waals surface area (Å²) in [5, 5.41) is 10.5. The molecule has 1 amide bonds. The van der Waals surface area contributed by atoms with Crippen LogP contribution in [0.1, 0.15) is 32.4 Å². The highest BCUT2D eigenvalue weighted by molar-refractivity contribution is 7.21. The number of nitriles is 1. The number of nitrogens with zero attached hydrogens (tertiary/aromatic N) is 4. The molecule has 1 aliphatic rings. The van der Waals surface area contributed by atoms with Crippen LogP contribution < -0.4 is 11.5 Å². The maximum atomic E-state index is 13.8. The van der Waals surface area contributed by atoms with Gasteiger partial charge >= 0.3 is 0 Å². The molecule has 7 nitrogen and oxygen atoms in total. The van der Waals surface area contributed by atoms with Crippen molar-refractivity contribution in [3.8, 4) is 17.2 Å². The van der Waals surface area contributed by atoms with Gasteiger partial charge in [-0.1, -0.05) is 91.0 Å². The van der Waals surface area contributed by atoms with E-state index in [1.54, 1.807) is 0 Å². The lowest BCUT2D eigenvalue weighted by Crippen LogP contribution is -2.49. The van der Waals surface area contributed by atoms with Crippen molar-refractivity contribution >= 4 is 39.0 Å². The molecule has 0 atom stereocenters. The van der Waals surface area contributed by atoms with Crippen molar-refractivity contribution in [3.63, 3.8) is 0 Å². The lowest BCUT2D eigenvalue weighted by Gasteiger charge is -2.39. The van der Waals surface area contributed by atoms with E-state index in [9.17, 15) is 10.1 Å². The van der Waals surface area contributed by atoms with Crippen LogP contribution in [-0.2, 0) is 0 Å². The van der Waals surface area contributed by atoms with Crippen LogP contribution in [0.15, 0.2) is 91.0 Å². The number of hydrogen-bond acceptors (Lipinski definition) is 7. The van der Waals surface area contributed by atoms with Crippen LogP contribution in [0, 0.1) is 11.3 Å². The van der Waals surface area contributed by atoms with E-state index < -0.39 is 0 Å². The van der Waals surface area contributed by atoms with Gasteiger partial charge in [0.15, 0.2) is 0 Å². The molecule has 1 aliphatic heterocycles. The van der Waals surface area contributed by atoms with Gasteiger partial charge in [0.2, 0.25) is 0 Å². The van der Waals surface area contributed by atoms with Gasteiger partial charge in [-0.05, 0) is 16.7 Å². The fourth-order valence-corrected chi connectivity index (χ4v) is 6.63. The number of hydrogen-bond donors (Lipinski definition) is 2. The van der Waals surface area contributed by atoms with Gasteiger partial charge in [-0.3, -0.25) is 9.69 Å². The second kappa shape index (κ2) is 10.8. The minimum atomic E-state index is -0.118. The van der Waals surface area contributed by atoms with Crippen LogP contribution in [0.5, 0.6) is 0 Å². The topological polar surface area (TPSA) is 112 Å². The van der Waals surface area contributed by atoms with Crippen molar-refractivity contribution in [3.05, 3.63) is 113 Å². The molecule has 0 aliphatic carbocycles. The van der Waals surface area contributed by atoms with Crippen LogP contribution in [0.2, 0.25) is 0 Å². The molecule has 6 rings (SSSR count). The summed E-state index contributed by atoms with van der Waals surface area (Å²) in [6.07, 6.45) is 0. The van der Waals surface area contributed by atoms with Gasteiger partial charge in [0.25, 0.3) is 5.91 Å². The maximum absolute atomic E-state index is 13.8. The van der Waals surface area contributed by atoms with E-state index in [1.807, 2.05) is 47.4 Å². The third-order valence-corrected chi connectivity index (χ3v) is 8.56. The Balaban J connectivity index is 1.30. The number of piperazine rings is 1. The normalized spacial score (nSPS) is 13.9. The first-order valence-electron chi connectivity index (χ1n) is 13.2. The molecule has 3 heterocycles. The Morgan fingerprint density at radius 2 is 1.40 bits per heavy atom. The van der Waals surface area contributed by atoms with Gasteiger partial charge in [0, 0.05) is 37.1 Å². The Hall–Kier alpha value is -4.71. The van der Waals surface area contributed by atoms with E-state index in [1.165, 1.54) is 22.5 Å². The van der Waals surface area contributed by atoms with Crippen molar-refractivity contribution in [2.75, 3.05) is 37.6 Å². The average molecular weight is 545 g/mol. The monoisotopic (exact) mass is 544 g/mol. The average Bonchev–Trinajstić information content (AvgIpc) is 3.33. The van der Waals surface area contributed by atoms with Crippen molar-refractivity contribution in [2.24, 2.45) is 0 Å². The molecule has 0 saturated carbocycles. The molecule has 0 bridgehead atoms. The number of rotatable bonds is 5. The number of amides is 1. The van der Waals surface area contributed by atoms with Crippen LogP contribution in [0.4, 0.5) is 11.5 Å². The summed E-state index contributed by atoms with van der Waals surface area (Å²) in [5.41, 5.74) is 17.3. The summed E-state index contributed by atoms with van der Waals surface area (Å²) < 4.78 is 0. The summed E-state index contributed by atoms with van der Waals surface area (Å²) in [6.45, 7) is 2.61. The second-order valence-corrected chi connectivity index (χ2v) is 10.8. The number of aromatic nitrogens is 1. The number of thiophene rings is 1. The van der Waals surface area contributed by atoms with Gasteiger partial charge in [-0.15, -0.1) is 11.3 Å². The van der Waals surface area contributed by atoms with Crippen LogP contribution in [0.3, 0.4) is 0 Å². The fraction of sp³-hybridized carbons (Fsp3) is 0.156. The molecule has 4 N–H and O–H groups in total. The van der Waals surface area contributed by atoms with Gasteiger partial charge < -0.3 is 16.4 Å². The number of anilines is 2. The van der Waals surface area contributed by atoms with E-state index in [4.69, 9.17) is 11.5 Å². The van der Waals surface area contributed by atoms with Crippen LogP contribution in [-0.4, -0.2) is 46.9 Å². The molecule has 8 heteroatoms. The summed E-state index contributed by atoms with van der Waals surface area (Å²) in [4.78, 5) is 23.6.